The molecule has 0 bridgehead atoms. The maximum Gasteiger partial charge on any atom is 0.288 e. The molecule has 0 spiro atoms. The fourth-order valence-corrected chi connectivity index (χ4v) is 1.95. The molecule has 0 radical (unpaired) electrons. The van der Waals surface area contributed by atoms with Crippen LogP contribution in [0.2, 0.25) is 5.02 Å². The summed E-state index contributed by atoms with van der Waals surface area (Å²) >= 11 is 5.72. The van der Waals surface area contributed by atoms with Gasteiger partial charge in [-0.3, -0.25) is 14.9 Å². The molecule has 0 aliphatic heterocycles. The fraction of sp³-hybridized carbons (Fsp3) is 0.400. The number of nitrogens with one attached hydrogen (secondary N) is 1. The van der Waals surface area contributed by atoms with Crippen LogP contribution < -0.4 is 5.32 Å². The minimum absolute atomic E-state index is 0.0810. The number of carbonyl (C=O) groups is 1. The molecular weight excluding hydrogens is 292 g/mol. The SMILES string of the molecule is CCCCCCNC(=O)/C=C/c1ccc(Cl)c([N+](=O)[O-])c1. The van der Waals surface area contributed by atoms with E-state index >= 15 is 0 Å². The second-order valence-electron chi connectivity index (χ2n) is 4.65. The maximum absolute atomic E-state index is 11.6. The van der Waals surface area contributed by atoms with Gasteiger partial charge in [0.25, 0.3) is 5.69 Å². The number of nitro groups is 1. The second-order valence-corrected chi connectivity index (χ2v) is 5.06. The van der Waals surface area contributed by atoms with Crippen LogP contribution in [0, 0.1) is 10.1 Å². The highest BCUT2D eigenvalue weighted by molar-refractivity contribution is 6.32. The minimum atomic E-state index is -0.548. The van der Waals surface area contributed by atoms with E-state index in [1.54, 1.807) is 6.07 Å². The lowest BCUT2D eigenvalue weighted by atomic mass is 10.2. The van der Waals surface area contributed by atoms with Gasteiger partial charge in [0, 0.05) is 18.7 Å². The zero-order valence-electron chi connectivity index (χ0n) is 12.0. The van der Waals surface area contributed by atoms with Crippen molar-refractivity contribution in [3.05, 3.63) is 45.0 Å². The number of hydrogen-bond acceptors (Lipinski definition) is 3. The van der Waals surface area contributed by atoms with Crippen LogP contribution in [-0.4, -0.2) is 17.4 Å². The normalized spacial score (nSPS) is 10.8. The molecule has 1 N–H and O–H groups in total. The number of nitro benzene ring substituents is 1. The van der Waals surface area contributed by atoms with Crippen molar-refractivity contribution >= 4 is 29.3 Å². The molecule has 0 heterocycles. The Bertz CT molecular complexity index is 530. The Morgan fingerprint density at radius 3 is 2.81 bits per heavy atom. The third-order valence-corrected chi connectivity index (χ3v) is 3.24. The van der Waals surface area contributed by atoms with E-state index in [2.05, 4.69) is 12.2 Å². The molecule has 1 amide bonds. The number of hydrogen-bond donors (Lipinski definition) is 1. The standard InChI is InChI=1S/C15H19ClN2O3/c1-2-3-4-5-10-17-15(19)9-7-12-6-8-13(16)14(11-12)18(20)21/h6-9,11H,2-5,10H2,1H3,(H,17,19)/b9-7+. The Morgan fingerprint density at radius 2 is 2.14 bits per heavy atom. The van der Waals surface area contributed by atoms with E-state index in [0.717, 1.165) is 19.3 Å². The highest BCUT2D eigenvalue weighted by Gasteiger charge is 2.11. The quantitative estimate of drug-likeness (QED) is 0.342. The maximum atomic E-state index is 11.6. The van der Waals surface area contributed by atoms with Crippen LogP contribution in [0.3, 0.4) is 0 Å². The van der Waals surface area contributed by atoms with Gasteiger partial charge in [-0.2, -0.15) is 0 Å². The molecule has 0 unspecified atom stereocenters. The molecule has 1 aromatic rings. The van der Waals surface area contributed by atoms with E-state index in [9.17, 15) is 14.9 Å². The summed E-state index contributed by atoms with van der Waals surface area (Å²) in [5.41, 5.74) is 0.394. The van der Waals surface area contributed by atoms with Gasteiger partial charge in [-0.05, 0) is 24.1 Å². The molecule has 0 fully saturated rings. The van der Waals surface area contributed by atoms with Crippen molar-refractivity contribution in [2.24, 2.45) is 0 Å². The Balaban J connectivity index is 2.50. The highest BCUT2D eigenvalue weighted by Crippen LogP contribution is 2.25. The van der Waals surface area contributed by atoms with Crippen molar-refractivity contribution in [3.63, 3.8) is 0 Å². The first-order valence-corrected chi connectivity index (χ1v) is 7.32. The average molecular weight is 311 g/mol. The van der Waals surface area contributed by atoms with Crippen LogP contribution in [0.5, 0.6) is 0 Å². The van der Waals surface area contributed by atoms with Gasteiger partial charge in [0.15, 0.2) is 0 Å². The van der Waals surface area contributed by atoms with Crippen molar-refractivity contribution in [2.75, 3.05) is 6.54 Å². The lowest BCUT2D eigenvalue weighted by molar-refractivity contribution is -0.384. The molecule has 0 saturated carbocycles. The molecule has 0 atom stereocenters. The predicted octanol–water partition coefficient (Wildman–Crippen LogP) is 3.96. The molecule has 5 nitrogen and oxygen atoms in total. The lowest BCUT2D eigenvalue weighted by Gasteiger charge is -2.01. The molecule has 6 heteroatoms. The van der Waals surface area contributed by atoms with E-state index in [-0.39, 0.29) is 16.6 Å². The summed E-state index contributed by atoms with van der Waals surface area (Å²) < 4.78 is 0. The zero-order chi connectivity index (χ0) is 15.7. The third-order valence-electron chi connectivity index (χ3n) is 2.92. The summed E-state index contributed by atoms with van der Waals surface area (Å²) in [4.78, 5) is 21.8. The van der Waals surface area contributed by atoms with Gasteiger partial charge in [-0.15, -0.1) is 0 Å². The Kier molecular flexibility index (Phi) is 7.46. The van der Waals surface area contributed by atoms with Gasteiger partial charge in [0.05, 0.1) is 4.92 Å². The van der Waals surface area contributed by atoms with Crippen LogP contribution >= 0.6 is 11.6 Å². The van der Waals surface area contributed by atoms with Gasteiger partial charge in [-0.25, -0.2) is 0 Å². The Hall–Kier alpha value is -1.88. The zero-order valence-corrected chi connectivity index (χ0v) is 12.7. The van der Waals surface area contributed by atoms with Crippen molar-refractivity contribution < 1.29 is 9.72 Å². The Morgan fingerprint density at radius 1 is 1.38 bits per heavy atom. The second kappa shape index (κ2) is 9.13. The molecular formula is C15H19ClN2O3. The average Bonchev–Trinajstić information content (AvgIpc) is 2.46. The highest BCUT2D eigenvalue weighted by atomic mass is 35.5. The lowest BCUT2D eigenvalue weighted by Crippen LogP contribution is -2.21. The van der Waals surface area contributed by atoms with E-state index in [4.69, 9.17) is 11.6 Å². The minimum Gasteiger partial charge on any atom is -0.353 e. The first kappa shape index (κ1) is 17.2. The number of benzene rings is 1. The predicted molar refractivity (Wildman–Crippen MR) is 84.3 cm³/mol. The van der Waals surface area contributed by atoms with Crippen molar-refractivity contribution in [2.45, 2.75) is 32.6 Å². The van der Waals surface area contributed by atoms with Crippen LogP contribution in [0.4, 0.5) is 5.69 Å². The smallest absolute Gasteiger partial charge is 0.288 e. The first-order chi connectivity index (χ1) is 10.0. The van der Waals surface area contributed by atoms with E-state index < -0.39 is 4.92 Å². The third kappa shape index (κ3) is 6.40. The van der Waals surface area contributed by atoms with Crippen LogP contribution in [-0.2, 0) is 4.79 Å². The summed E-state index contributed by atoms with van der Waals surface area (Å²) in [6.45, 7) is 2.77. The molecule has 0 aliphatic rings. The van der Waals surface area contributed by atoms with E-state index in [0.29, 0.717) is 12.1 Å². The largest absolute Gasteiger partial charge is 0.353 e. The van der Waals surface area contributed by atoms with E-state index in [1.165, 1.54) is 30.7 Å². The molecule has 1 aromatic carbocycles. The number of carbonyl (C=O) groups excluding carboxylic acids is 1. The topological polar surface area (TPSA) is 72.2 Å². The number of rotatable bonds is 8. The number of nitrogens with zero attached hydrogens (tertiary/aromatic N) is 1. The van der Waals surface area contributed by atoms with Crippen LogP contribution in [0.1, 0.15) is 38.2 Å². The van der Waals surface area contributed by atoms with Crippen molar-refractivity contribution in [1.29, 1.82) is 0 Å². The van der Waals surface area contributed by atoms with Crippen LogP contribution in [0.15, 0.2) is 24.3 Å². The molecule has 0 saturated heterocycles. The molecule has 0 aromatic heterocycles. The number of halogens is 1. The number of amides is 1. The summed E-state index contributed by atoms with van der Waals surface area (Å²) in [5.74, 6) is -0.205. The molecule has 21 heavy (non-hydrogen) atoms. The summed E-state index contributed by atoms with van der Waals surface area (Å²) in [6.07, 6.45) is 7.28. The van der Waals surface area contributed by atoms with Gasteiger partial charge in [0.1, 0.15) is 5.02 Å². The molecule has 114 valence electrons. The number of unbranched alkanes of at least 4 members (excludes halogenated alkanes) is 3. The fourth-order valence-electron chi connectivity index (χ4n) is 1.77. The van der Waals surface area contributed by atoms with E-state index in [1.807, 2.05) is 0 Å². The summed E-state index contributed by atoms with van der Waals surface area (Å²) in [6, 6.07) is 4.41. The van der Waals surface area contributed by atoms with Gasteiger partial charge in [0.2, 0.25) is 5.91 Å². The first-order valence-electron chi connectivity index (χ1n) is 6.94. The van der Waals surface area contributed by atoms with Crippen LogP contribution in [0.25, 0.3) is 6.08 Å². The van der Waals surface area contributed by atoms with Crippen molar-refractivity contribution in [3.8, 4) is 0 Å². The van der Waals surface area contributed by atoms with Gasteiger partial charge < -0.3 is 5.32 Å². The monoisotopic (exact) mass is 310 g/mol. The van der Waals surface area contributed by atoms with Gasteiger partial charge in [-0.1, -0.05) is 43.9 Å². The van der Waals surface area contributed by atoms with Gasteiger partial charge >= 0.3 is 0 Å². The molecule has 1 rings (SSSR count). The Labute approximate surface area is 129 Å². The summed E-state index contributed by atoms with van der Waals surface area (Å²) in [7, 11) is 0. The molecule has 0 aliphatic carbocycles. The summed E-state index contributed by atoms with van der Waals surface area (Å²) in [5, 5.41) is 13.6. The van der Waals surface area contributed by atoms with Crippen molar-refractivity contribution in [1.82, 2.24) is 5.32 Å².